The van der Waals surface area contributed by atoms with E-state index in [4.69, 9.17) is 14.6 Å². The highest BCUT2D eigenvalue weighted by atomic mass is 19.3. The van der Waals surface area contributed by atoms with Gasteiger partial charge in [-0.25, -0.2) is 8.78 Å². The highest BCUT2D eigenvalue weighted by Crippen LogP contribution is 2.32. The predicted octanol–water partition coefficient (Wildman–Crippen LogP) is 0.540. The number of alkyl halides is 2. The molecule has 2 saturated heterocycles. The van der Waals surface area contributed by atoms with E-state index in [1.165, 1.54) is 0 Å². The van der Waals surface area contributed by atoms with Crippen molar-refractivity contribution in [2.45, 2.75) is 43.4 Å². The maximum absolute atomic E-state index is 12.1. The lowest BCUT2D eigenvalue weighted by molar-refractivity contribution is -0.0913. The van der Waals surface area contributed by atoms with Crippen molar-refractivity contribution in [3.05, 3.63) is 0 Å². The first-order chi connectivity index (χ1) is 8.11. The van der Waals surface area contributed by atoms with Crippen LogP contribution in [-0.4, -0.2) is 55.6 Å². The molecule has 17 heavy (non-hydrogen) atoms. The minimum Gasteiger partial charge on any atom is -0.386 e. The van der Waals surface area contributed by atoms with E-state index in [-0.39, 0.29) is 18.2 Å². The minimum absolute atomic E-state index is 0.0702. The number of hydrogen-bond donors (Lipinski definition) is 2. The Morgan fingerprint density at radius 3 is 2.88 bits per heavy atom. The quantitative estimate of drug-likeness (QED) is 0.765. The van der Waals surface area contributed by atoms with Crippen molar-refractivity contribution < 1.29 is 23.4 Å². The number of hydrogen-bond acceptors (Lipinski definition) is 4. The van der Waals surface area contributed by atoms with E-state index in [1.54, 1.807) is 0 Å². The molecule has 2 aliphatic heterocycles. The van der Waals surface area contributed by atoms with Crippen molar-refractivity contribution in [2.75, 3.05) is 26.4 Å². The van der Waals surface area contributed by atoms with Gasteiger partial charge in [0.15, 0.2) is 0 Å². The normalized spacial score (nSPS) is 35.6. The fourth-order valence-corrected chi connectivity index (χ4v) is 2.44. The maximum Gasteiger partial charge on any atom is 0.265 e. The molecule has 2 N–H and O–H groups in total. The van der Waals surface area contributed by atoms with Crippen LogP contribution in [0.5, 0.6) is 0 Å². The summed E-state index contributed by atoms with van der Waals surface area (Å²) in [6.45, 7) is 1.83. The molecule has 2 heterocycles. The number of aliphatic hydroxyl groups excluding tert-OH is 1. The molecule has 100 valence electrons. The molecule has 1 spiro atoms. The molecule has 2 aliphatic rings. The molecular weight excluding hydrogens is 232 g/mol. The van der Waals surface area contributed by atoms with E-state index in [9.17, 15) is 8.78 Å². The molecule has 0 radical (unpaired) electrons. The Kier molecular flexibility index (Phi) is 4.30. The second-order valence-corrected chi connectivity index (χ2v) is 4.83. The molecule has 3 unspecified atom stereocenters. The van der Waals surface area contributed by atoms with Gasteiger partial charge in [-0.15, -0.1) is 0 Å². The zero-order chi connectivity index (χ0) is 12.3. The van der Waals surface area contributed by atoms with Crippen LogP contribution in [0.3, 0.4) is 0 Å². The van der Waals surface area contributed by atoms with E-state index in [0.717, 1.165) is 19.3 Å². The van der Waals surface area contributed by atoms with Crippen molar-refractivity contribution in [2.24, 2.45) is 0 Å². The molecule has 6 heteroatoms. The van der Waals surface area contributed by atoms with Crippen molar-refractivity contribution >= 4 is 0 Å². The van der Waals surface area contributed by atoms with E-state index in [2.05, 4.69) is 5.32 Å². The average molecular weight is 251 g/mol. The summed E-state index contributed by atoms with van der Waals surface area (Å²) in [4.78, 5) is 0. The zero-order valence-electron chi connectivity index (χ0n) is 9.70. The van der Waals surface area contributed by atoms with E-state index in [1.807, 2.05) is 0 Å². The molecule has 0 aromatic carbocycles. The number of aliphatic hydroxyl groups is 1. The molecule has 0 aromatic rings. The van der Waals surface area contributed by atoms with Gasteiger partial charge in [0.2, 0.25) is 0 Å². The summed E-state index contributed by atoms with van der Waals surface area (Å²) in [6, 6.07) is 0.124. The van der Waals surface area contributed by atoms with Crippen LogP contribution in [0.2, 0.25) is 0 Å². The van der Waals surface area contributed by atoms with Crippen molar-refractivity contribution in [1.29, 1.82) is 0 Å². The summed E-state index contributed by atoms with van der Waals surface area (Å²) in [5, 5.41) is 12.0. The minimum atomic E-state index is -2.69. The Morgan fingerprint density at radius 1 is 1.41 bits per heavy atom. The van der Waals surface area contributed by atoms with Gasteiger partial charge in [-0.2, -0.15) is 0 Å². The van der Waals surface area contributed by atoms with Gasteiger partial charge < -0.3 is 19.9 Å². The molecule has 0 aliphatic carbocycles. The number of ether oxygens (including phenoxy) is 2. The third kappa shape index (κ3) is 3.34. The van der Waals surface area contributed by atoms with Crippen LogP contribution in [-0.2, 0) is 9.47 Å². The molecule has 2 fully saturated rings. The molecular formula is C11H19F2NO3. The number of rotatable bonds is 4. The summed E-state index contributed by atoms with van der Waals surface area (Å²) in [6.07, 6.45) is -1.86. The second kappa shape index (κ2) is 5.56. The number of halogens is 2. The smallest absolute Gasteiger partial charge is 0.265 e. The molecule has 0 saturated carbocycles. The summed E-state index contributed by atoms with van der Waals surface area (Å²) in [5.41, 5.74) is -0.230. The van der Waals surface area contributed by atoms with Gasteiger partial charge in [0, 0.05) is 32.2 Å². The van der Waals surface area contributed by atoms with Crippen molar-refractivity contribution in [3.63, 3.8) is 0 Å². The Bertz CT molecular complexity index is 247. The topological polar surface area (TPSA) is 50.7 Å². The molecule has 2 rings (SSSR count). The third-order valence-electron chi connectivity index (χ3n) is 3.47. The highest BCUT2D eigenvalue weighted by Gasteiger charge is 2.41. The Morgan fingerprint density at radius 2 is 2.24 bits per heavy atom. The zero-order valence-corrected chi connectivity index (χ0v) is 9.70. The molecule has 0 bridgehead atoms. The van der Waals surface area contributed by atoms with Gasteiger partial charge in [-0.3, -0.25) is 0 Å². The standard InChI is InChI=1S/C11H19F2NO3/c12-10(13)9(15)6-14-8-1-3-17-11(5-8)2-4-16-7-11/h8-10,14-15H,1-7H2. The lowest BCUT2D eigenvalue weighted by atomic mass is 9.89. The van der Waals surface area contributed by atoms with Crippen LogP contribution in [0.15, 0.2) is 0 Å². The summed E-state index contributed by atoms with van der Waals surface area (Å²) in [5.74, 6) is 0. The van der Waals surface area contributed by atoms with Gasteiger partial charge in [0.25, 0.3) is 6.43 Å². The first-order valence-corrected chi connectivity index (χ1v) is 6.03. The average Bonchev–Trinajstić information content (AvgIpc) is 2.74. The van der Waals surface area contributed by atoms with Crippen LogP contribution < -0.4 is 5.32 Å². The van der Waals surface area contributed by atoms with Gasteiger partial charge >= 0.3 is 0 Å². The SMILES string of the molecule is OC(CNC1CCOC2(CCOC2)C1)C(F)F. The predicted molar refractivity (Wildman–Crippen MR) is 57.2 cm³/mol. The number of nitrogens with one attached hydrogen (secondary N) is 1. The molecule has 4 nitrogen and oxygen atoms in total. The first kappa shape index (κ1) is 13.1. The molecule has 0 aromatic heterocycles. The molecule has 0 amide bonds. The monoisotopic (exact) mass is 251 g/mol. The lowest BCUT2D eigenvalue weighted by Gasteiger charge is -2.37. The van der Waals surface area contributed by atoms with E-state index >= 15 is 0 Å². The fourth-order valence-electron chi connectivity index (χ4n) is 2.44. The van der Waals surface area contributed by atoms with E-state index < -0.39 is 12.5 Å². The van der Waals surface area contributed by atoms with Crippen LogP contribution in [0.4, 0.5) is 8.78 Å². The fraction of sp³-hybridized carbons (Fsp3) is 1.00. The van der Waals surface area contributed by atoms with Crippen LogP contribution in [0.25, 0.3) is 0 Å². The van der Waals surface area contributed by atoms with Crippen molar-refractivity contribution in [1.82, 2.24) is 5.32 Å². The maximum atomic E-state index is 12.1. The summed E-state index contributed by atoms with van der Waals surface area (Å²) in [7, 11) is 0. The van der Waals surface area contributed by atoms with Crippen LogP contribution in [0, 0.1) is 0 Å². The first-order valence-electron chi connectivity index (χ1n) is 6.03. The second-order valence-electron chi connectivity index (χ2n) is 4.83. The largest absolute Gasteiger partial charge is 0.386 e. The Labute approximate surface area is 99.3 Å². The lowest BCUT2D eigenvalue weighted by Crippen LogP contribution is -2.49. The van der Waals surface area contributed by atoms with Gasteiger partial charge in [-0.05, 0) is 12.8 Å². The van der Waals surface area contributed by atoms with Gasteiger partial charge in [-0.1, -0.05) is 0 Å². The third-order valence-corrected chi connectivity index (χ3v) is 3.47. The van der Waals surface area contributed by atoms with Gasteiger partial charge in [0.05, 0.1) is 12.2 Å². The van der Waals surface area contributed by atoms with E-state index in [0.29, 0.717) is 19.8 Å². The Hall–Kier alpha value is -0.300. The van der Waals surface area contributed by atoms with Crippen LogP contribution >= 0.6 is 0 Å². The summed E-state index contributed by atoms with van der Waals surface area (Å²) >= 11 is 0. The Balaban J connectivity index is 1.77. The van der Waals surface area contributed by atoms with Crippen molar-refractivity contribution in [3.8, 4) is 0 Å². The molecule has 3 atom stereocenters. The highest BCUT2D eigenvalue weighted by molar-refractivity contribution is 4.92. The van der Waals surface area contributed by atoms with Gasteiger partial charge in [0.1, 0.15) is 6.10 Å². The summed E-state index contributed by atoms with van der Waals surface area (Å²) < 4.78 is 35.3. The van der Waals surface area contributed by atoms with Crippen LogP contribution in [0.1, 0.15) is 19.3 Å².